The summed E-state index contributed by atoms with van der Waals surface area (Å²) in [5, 5.41) is 14.4. The van der Waals surface area contributed by atoms with Crippen molar-refractivity contribution in [3.05, 3.63) is 17.0 Å². The van der Waals surface area contributed by atoms with Gasteiger partial charge in [-0.2, -0.15) is 8.42 Å². The number of Topliss-reactive ketones (excluding diaryl/α,β-unsaturated/α-hetero) is 1. The average molecular weight is 566 g/mol. The van der Waals surface area contributed by atoms with Gasteiger partial charge in [-0.05, 0) is 104 Å². The van der Waals surface area contributed by atoms with Crippen LogP contribution in [0.1, 0.15) is 102 Å². The number of carbonyl (C=O) groups is 2. The van der Waals surface area contributed by atoms with Gasteiger partial charge < -0.3 is 10.4 Å². The average Bonchev–Trinajstić information content (AvgIpc) is 3.47. The van der Waals surface area contributed by atoms with E-state index in [0.717, 1.165) is 61.2 Å². The summed E-state index contributed by atoms with van der Waals surface area (Å²) in [7, 11) is -4.24. The molecule has 9 heteroatoms. The van der Waals surface area contributed by atoms with Crippen molar-refractivity contribution in [2.24, 2.45) is 40.4 Å². The van der Waals surface area contributed by atoms with Gasteiger partial charge in [0.05, 0.1) is 12.1 Å². The smallest absolute Gasteiger partial charge is 0.304 e. The van der Waals surface area contributed by atoms with Crippen LogP contribution in [0, 0.1) is 40.4 Å². The lowest BCUT2D eigenvalue weighted by atomic mass is 9.44. The van der Waals surface area contributed by atoms with E-state index in [-0.39, 0.29) is 33.1 Å². The molecule has 4 aliphatic rings. The number of ketones is 1. The highest BCUT2D eigenvalue weighted by molar-refractivity contribution is 7.88. The zero-order valence-electron chi connectivity index (χ0n) is 22.8. The molecule has 1 heterocycles. The Hall–Kier alpha value is -1.29. The number of rotatable bonds is 7. The van der Waals surface area contributed by atoms with Gasteiger partial charge in [-0.25, -0.2) is 0 Å². The first kappa shape index (κ1) is 28.2. The number of aliphatic hydroxyl groups is 1. The topological polar surface area (TPSA) is 121 Å². The highest BCUT2D eigenvalue weighted by Crippen LogP contribution is 2.67. The van der Waals surface area contributed by atoms with E-state index in [0.29, 0.717) is 61.1 Å². The maximum Gasteiger partial charge on any atom is 0.304 e. The molecule has 0 aromatic carbocycles. The molecule has 3 N–H and O–H groups in total. The molecule has 1 amide bonds. The number of hydrogen-bond donors (Lipinski definition) is 3. The maximum atomic E-state index is 13.0. The van der Waals surface area contributed by atoms with Crippen LogP contribution >= 0.6 is 11.3 Å². The lowest BCUT2D eigenvalue weighted by molar-refractivity contribution is -0.167. The second kappa shape index (κ2) is 10.3. The molecule has 7 nitrogen and oxygen atoms in total. The molecule has 38 heavy (non-hydrogen) atoms. The fraction of sp³-hybridized carbons (Fsp3) is 0.793. The monoisotopic (exact) mass is 565 g/mol. The third-order valence-electron chi connectivity index (χ3n) is 11.4. The Bertz CT molecular complexity index is 1180. The number of thiophene rings is 1. The first-order valence-electron chi connectivity index (χ1n) is 14.4. The molecule has 9 atom stereocenters. The molecule has 0 bridgehead atoms. The molecule has 5 rings (SSSR count). The van der Waals surface area contributed by atoms with Crippen molar-refractivity contribution in [3.63, 3.8) is 0 Å². The summed E-state index contributed by atoms with van der Waals surface area (Å²) in [5.41, 5.74) is 0.279. The molecule has 1 aromatic heterocycles. The Balaban J connectivity index is 1.22. The van der Waals surface area contributed by atoms with E-state index >= 15 is 0 Å². The van der Waals surface area contributed by atoms with E-state index in [2.05, 4.69) is 19.2 Å². The normalized spacial score (nSPS) is 39.7. The summed E-state index contributed by atoms with van der Waals surface area (Å²) in [4.78, 5) is 25.9. The van der Waals surface area contributed by atoms with Crippen molar-refractivity contribution < 1.29 is 27.7 Å². The fourth-order valence-corrected chi connectivity index (χ4v) is 11.0. The van der Waals surface area contributed by atoms with E-state index in [1.807, 2.05) is 6.92 Å². The lowest BCUT2D eigenvalue weighted by Crippen LogP contribution is -2.58. The molecular formula is C29H43NO6S2. The van der Waals surface area contributed by atoms with Gasteiger partial charge in [0, 0.05) is 24.1 Å². The summed E-state index contributed by atoms with van der Waals surface area (Å²) in [6.45, 7) is 6.73. The van der Waals surface area contributed by atoms with Crippen LogP contribution in [0.5, 0.6) is 0 Å². The minimum atomic E-state index is -4.24. The van der Waals surface area contributed by atoms with Gasteiger partial charge in [-0.1, -0.05) is 20.8 Å². The Morgan fingerprint density at radius 3 is 2.58 bits per heavy atom. The van der Waals surface area contributed by atoms with Gasteiger partial charge in [0.15, 0.2) is 0 Å². The highest BCUT2D eigenvalue weighted by atomic mass is 32.3. The van der Waals surface area contributed by atoms with Crippen LogP contribution in [0.2, 0.25) is 0 Å². The van der Waals surface area contributed by atoms with E-state index in [1.165, 1.54) is 6.07 Å². The molecule has 6 unspecified atom stereocenters. The number of fused-ring (bicyclic) bond motifs is 5. The van der Waals surface area contributed by atoms with Crippen molar-refractivity contribution in [1.29, 1.82) is 0 Å². The molecule has 1 aromatic rings. The van der Waals surface area contributed by atoms with Gasteiger partial charge >= 0.3 is 10.1 Å². The first-order valence-corrected chi connectivity index (χ1v) is 16.7. The van der Waals surface area contributed by atoms with Crippen LogP contribution in [0.4, 0.5) is 0 Å². The zero-order valence-corrected chi connectivity index (χ0v) is 24.5. The van der Waals surface area contributed by atoms with Crippen LogP contribution in [-0.2, 0) is 19.7 Å². The minimum absolute atomic E-state index is 0.0284. The van der Waals surface area contributed by atoms with Gasteiger partial charge in [0.1, 0.15) is 9.99 Å². The molecule has 0 aliphatic heterocycles. The second-order valence-corrected chi connectivity index (χ2v) is 15.8. The molecule has 0 spiro atoms. The third-order valence-corrected chi connectivity index (χ3v) is 13.9. The summed E-state index contributed by atoms with van der Waals surface area (Å²) in [6, 6.07) is 2.76. The minimum Gasteiger partial charge on any atom is -0.393 e. The summed E-state index contributed by atoms with van der Waals surface area (Å²) in [5.74, 6) is 2.33. The number of nitrogens with one attached hydrogen (secondary N) is 1. The quantitative estimate of drug-likeness (QED) is 0.373. The SMILES string of the molecule is CCC(NC(=O)CCC1CC[C@H]2C3[C@H](O)CC4CC(=O)CCC4(C)[C@H]3CCC12C)c1ccc(S(=O)(=O)O)s1. The van der Waals surface area contributed by atoms with Crippen molar-refractivity contribution in [2.45, 2.75) is 108 Å². The molecule has 212 valence electrons. The first-order chi connectivity index (χ1) is 17.9. The Morgan fingerprint density at radius 1 is 1.16 bits per heavy atom. The van der Waals surface area contributed by atoms with E-state index in [4.69, 9.17) is 0 Å². The van der Waals surface area contributed by atoms with Crippen molar-refractivity contribution in [2.75, 3.05) is 0 Å². The Labute approximate surface area is 230 Å². The summed E-state index contributed by atoms with van der Waals surface area (Å²) in [6.07, 6.45) is 9.00. The number of hydrogen-bond acceptors (Lipinski definition) is 6. The predicted octanol–water partition coefficient (Wildman–Crippen LogP) is 5.54. The second-order valence-electron chi connectivity index (χ2n) is 13.1. The largest absolute Gasteiger partial charge is 0.393 e. The zero-order chi connectivity index (χ0) is 27.5. The van der Waals surface area contributed by atoms with Crippen LogP contribution < -0.4 is 5.32 Å². The van der Waals surface area contributed by atoms with Crippen molar-refractivity contribution >= 4 is 33.1 Å². The maximum absolute atomic E-state index is 13.0. The Morgan fingerprint density at radius 2 is 1.89 bits per heavy atom. The molecular weight excluding hydrogens is 522 g/mol. The standard InChI is InChI=1S/C29H43NO6S2/c1-4-22(24-8-10-26(37-24)38(34,35)36)30-25(33)9-6-17-5-7-20-27-21(12-14-28(17,20)2)29(3)13-11-19(31)15-18(29)16-23(27)32/h8,10,17-18,20-23,27,32H,4-7,9,11-16H2,1-3H3,(H,30,33)(H,34,35,36)/t17?,18?,20-,21-,22?,23+,27?,28?,29?/m0/s1. The van der Waals surface area contributed by atoms with E-state index in [9.17, 15) is 27.7 Å². The van der Waals surface area contributed by atoms with Crippen LogP contribution in [-0.4, -0.2) is 35.9 Å². The molecule has 4 fully saturated rings. The third kappa shape index (κ3) is 4.90. The number of amides is 1. The van der Waals surface area contributed by atoms with Crippen LogP contribution in [0.15, 0.2) is 16.3 Å². The van der Waals surface area contributed by atoms with Crippen LogP contribution in [0.3, 0.4) is 0 Å². The highest BCUT2D eigenvalue weighted by Gasteiger charge is 2.62. The Kier molecular flexibility index (Phi) is 7.64. The van der Waals surface area contributed by atoms with Gasteiger partial charge in [-0.15, -0.1) is 11.3 Å². The van der Waals surface area contributed by atoms with E-state index in [1.54, 1.807) is 6.07 Å². The molecule has 4 aliphatic carbocycles. The molecule has 4 saturated carbocycles. The fourth-order valence-electron chi connectivity index (χ4n) is 9.20. The predicted molar refractivity (Wildman–Crippen MR) is 146 cm³/mol. The van der Waals surface area contributed by atoms with Crippen LogP contribution in [0.25, 0.3) is 0 Å². The number of carbonyl (C=O) groups excluding carboxylic acids is 2. The molecule has 0 radical (unpaired) electrons. The molecule has 0 saturated heterocycles. The van der Waals surface area contributed by atoms with Gasteiger partial charge in [0.25, 0.3) is 0 Å². The number of aliphatic hydroxyl groups excluding tert-OH is 1. The van der Waals surface area contributed by atoms with Gasteiger partial charge in [-0.3, -0.25) is 14.1 Å². The lowest BCUT2D eigenvalue weighted by Gasteiger charge is -2.61. The van der Waals surface area contributed by atoms with Crippen molar-refractivity contribution in [3.8, 4) is 0 Å². The summed E-state index contributed by atoms with van der Waals surface area (Å²) < 4.78 is 32.1. The summed E-state index contributed by atoms with van der Waals surface area (Å²) >= 11 is 0.995. The van der Waals surface area contributed by atoms with Crippen molar-refractivity contribution in [1.82, 2.24) is 5.32 Å². The van der Waals surface area contributed by atoms with Gasteiger partial charge in [0.2, 0.25) is 5.91 Å². The van der Waals surface area contributed by atoms with E-state index < -0.39 is 10.1 Å².